The molecule has 1 N–H and O–H groups in total. The van der Waals surface area contributed by atoms with Crippen LogP contribution in [0.5, 0.6) is 0 Å². The maximum Gasteiger partial charge on any atom is 0.133 e. The predicted octanol–water partition coefficient (Wildman–Crippen LogP) is 0.662. The van der Waals surface area contributed by atoms with Crippen LogP contribution in [0.25, 0.3) is 0 Å². The number of aliphatic hydroxyl groups is 1. The molecule has 2 aromatic heterocycles. The van der Waals surface area contributed by atoms with E-state index in [0.717, 1.165) is 9.88 Å². The van der Waals surface area contributed by atoms with E-state index in [1.807, 2.05) is 6.92 Å². The van der Waals surface area contributed by atoms with Crippen molar-refractivity contribution in [2.24, 2.45) is 7.05 Å². The maximum atomic E-state index is 9.94. The molecular weight excluding hydrogens is 200 g/mol. The highest BCUT2D eigenvalue weighted by molar-refractivity contribution is 7.11. The SMILES string of the molecule is Cc1ncc(C(O)c2cnnn2C)s1. The van der Waals surface area contributed by atoms with Crippen molar-refractivity contribution < 1.29 is 5.11 Å². The summed E-state index contributed by atoms with van der Waals surface area (Å²) < 4.78 is 1.56. The molecule has 14 heavy (non-hydrogen) atoms. The second-order valence-corrected chi connectivity index (χ2v) is 4.23. The van der Waals surface area contributed by atoms with E-state index in [4.69, 9.17) is 0 Å². The Hall–Kier alpha value is -1.27. The topological polar surface area (TPSA) is 63.8 Å². The summed E-state index contributed by atoms with van der Waals surface area (Å²) in [5, 5.41) is 18.4. The monoisotopic (exact) mass is 210 g/mol. The molecule has 0 fully saturated rings. The second-order valence-electron chi connectivity index (χ2n) is 2.97. The Morgan fingerprint density at radius 3 is 2.79 bits per heavy atom. The Morgan fingerprint density at radius 2 is 2.29 bits per heavy atom. The molecule has 0 spiro atoms. The molecule has 2 heterocycles. The minimum atomic E-state index is -0.679. The first-order chi connectivity index (χ1) is 6.68. The fraction of sp³-hybridized carbons (Fsp3) is 0.375. The number of hydrogen-bond donors (Lipinski definition) is 1. The maximum absolute atomic E-state index is 9.94. The summed E-state index contributed by atoms with van der Waals surface area (Å²) in [5.74, 6) is 0. The first kappa shape index (κ1) is 9.29. The van der Waals surface area contributed by atoms with Gasteiger partial charge in [0.25, 0.3) is 0 Å². The van der Waals surface area contributed by atoms with Crippen molar-refractivity contribution in [1.82, 2.24) is 20.0 Å². The molecular formula is C8H10N4OS. The summed E-state index contributed by atoms with van der Waals surface area (Å²) in [6.45, 7) is 1.91. The molecule has 0 amide bonds. The molecule has 2 aromatic rings. The van der Waals surface area contributed by atoms with E-state index in [1.54, 1.807) is 24.1 Å². The minimum absolute atomic E-state index is 0.675. The van der Waals surface area contributed by atoms with Gasteiger partial charge in [0, 0.05) is 13.2 Å². The van der Waals surface area contributed by atoms with Crippen molar-refractivity contribution in [3.05, 3.63) is 28.0 Å². The third kappa shape index (κ3) is 1.53. The lowest BCUT2D eigenvalue weighted by atomic mass is 10.2. The van der Waals surface area contributed by atoms with Gasteiger partial charge in [-0.1, -0.05) is 5.21 Å². The number of rotatable bonds is 2. The summed E-state index contributed by atoms with van der Waals surface area (Å²) in [7, 11) is 1.75. The van der Waals surface area contributed by atoms with Gasteiger partial charge < -0.3 is 5.11 Å². The van der Waals surface area contributed by atoms with Crippen molar-refractivity contribution in [1.29, 1.82) is 0 Å². The number of aliphatic hydroxyl groups excluding tert-OH is 1. The molecule has 0 aliphatic carbocycles. The molecule has 2 rings (SSSR count). The molecule has 0 saturated carbocycles. The zero-order chi connectivity index (χ0) is 10.1. The predicted molar refractivity (Wildman–Crippen MR) is 51.9 cm³/mol. The Balaban J connectivity index is 2.33. The Morgan fingerprint density at radius 1 is 1.50 bits per heavy atom. The lowest BCUT2D eigenvalue weighted by Gasteiger charge is -2.06. The van der Waals surface area contributed by atoms with Crippen LogP contribution in [0.3, 0.4) is 0 Å². The second kappa shape index (κ2) is 3.47. The third-order valence-corrected chi connectivity index (χ3v) is 2.90. The van der Waals surface area contributed by atoms with Crippen molar-refractivity contribution in [3.63, 3.8) is 0 Å². The number of aromatic nitrogens is 4. The summed E-state index contributed by atoms with van der Waals surface area (Å²) in [6, 6.07) is 0. The van der Waals surface area contributed by atoms with Crippen molar-refractivity contribution in [2.45, 2.75) is 13.0 Å². The molecule has 0 aromatic carbocycles. The molecule has 0 saturated heterocycles. The van der Waals surface area contributed by atoms with Gasteiger partial charge >= 0.3 is 0 Å². The van der Waals surface area contributed by atoms with E-state index in [9.17, 15) is 5.11 Å². The van der Waals surface area contributed by atoms with E-state index in [0.29, 0.717) is 5.69 Å². The number of nitrogens with zero attached hydrogens (tertiary/aromatic N) is 4. The van der Waals surface area contributed by atoms with Gasteiger partial charge in [-0.2, -0.15) is 0 Å². The average Bonchev–Trinajstić information content (AvgIpc) is 2.73. The van der Waals surface area contributed by atoms with E-state index < -0.39 is 6.10 Å². The molecule has 0 aliphatic heterocycles. The van der Waals surface area contributed by atoms with Gasteiger partial charge in [0.15, 0.2) is 0 Å². The summed E-state index contributed by atoms with van der Waals surface area (Å²) >= 11 is 1.47. The zero-order valence-corrected chi connectivity index (χ0v) is 8.69. The summed E-state index contributed by atoms with van der Waals surface area (Å²) in [6.07, 6.45) is 2.55. The van der Waals surface area contributed by atoms with Crippen molar-refractivity contribution in [3.8, 4) is 0 Å². The lowest BCUT2D eigenvalue weighted by Crippen LogP contribution is -2.04. The fourth-order valence-electron chi connectivity index (χ4n) is 1.20. The molecule has 0 bridgehead atoms. The van der Waals surface area contributed by atoms with Gasteiger partial charge in [-0.05, 0) is 6.92 Å². The highest BCUT2D eigenvalue weighted by atomic mass is 32.1. The summed E-state index contributed by atoms with van der Waals surface area (Å²) in [4.78, 5) is 4.90. The average molecular weight is 210 g/mol. The third-order valence-electron chi connectivity index (χ3n) is 1.94. The van der Waals surface area contributed by atoms with Gasteiger partial charge in [0.1, 0.15) is 6.10 Å². The lowest BCUT2D eigenvalue weighted by molar-refractivity contribution is 0.213. The van der Waals surface area contributed by atoms with E-state index in [-0.39, 0.29) is 0 Å². The molecule has 0 radical (unpaired) electrons. The van der Waals surface area contributed by atoms with Crippen LogP contribution in [0, 0.1) is 6.92 Å². The fourth-order valence-corrected chi connectivity index (χ4v) is 1.98. The van der Waals surface area contributed by atoms with Crippen molar-refractivity contribution in [2.75, 3.05) is 0 Å². The minimum Gasteiger partial charge on any atom is -0.381 e. The van der Waals surface area contributed by atoms with Gasteiger partial charge in [0.05, 0.1) is 21.8 Å². The van der Waals surface area contributed by atoms with Crippen LogP contribution < -0.4 is 0 Å². The molecule has 1 atom stereocenters. The zero-order valence-electron chi connectivity index (χ0n) is 7.88. The van der Waals surface area contributed by atoms with Crippen LogP contribution in [0.2, 0.25) is 0 Å². The van der Waals surface area contributed by atoms with Crippen LogP contribution in [-0.4, -0.2) is 25.1 Å². The first-order valence-electron chi connectivity index (χ1n) is 4.13. The quantitative estimate of drug-likeness (QED) is 0.791. The Kier molecular flexibility index (Phi) is 2.30. The van der Waals surface area contributed by atoms with Gasteiger partial charge in [-0.25, -0.2) is 9.67 Å². The molecule has 5 nitrogen and oxygen atoms in total. The highest BCUT2D eigenvalue weighted by Crippen LogP contribution is 2.25. The van der Waals surface area contributed by atoms with Gasteiger partial charge in [-0.15, -0.1) is 16.4 Å². The van der Waals surface area contributed by atoms with E-state index >= 15 is 0 Å². The van der Waals surface area contributed by atoms with Gasteiger partial charge in [-0.3, -0.25) is 0 Å². The van der Waals surface area contributed by atoms with Crippen LogP contribution in [-0.2, 0) is 7.05 Å². The van der Waals surface area contributed by atoms with Crippen LogP contribution >= 0.6 is 11.3 Å². The normalized spacial score (nSPS) is 13.1. The van der Waals surface area contributed by atoms with Crippen molar-refractivity contribution >= 4 is 11.3 Å². The Labute approximate surface area is 85.0 Å². The van der Waals surface area contributed by atoms with Gasteiger partial charge in [0.2, 0.25) is 0 Å². The van der Waals surface area contributed by atoms with E-state index in [2.05, 4.69) is 15.3 Å². The number of aryl methyl sites for hydroxylation is 2. The number of hydrogen-bond acceptors (Lipinski definition) is 5. The standard InChI is InChI=1S/C8H10N4OS/c1-5-9-4-7(14-5)8(13)6-3-10-11-12(6)2/h3-4,8,13H,1-2H3. The Bertz CT molecular complexity index is 436. The molecule has 1 unspecified atom stereocenters. The summed E-state index contributed by atoms with van der Waals surface area (Å²) in [5.41, 5.74) is 0.675. The first-order valence-corrected chi connectivity index (χ1v) is 4.95. The smallest absolute Gasteiger partial charge is 0.133 e. The van der Waals surface area contributed by atoms with Crippen LogP contribution in [0.1, 0.15) is 21.7 Å². The number of thiazole rings is 1. The highest BCUT2D eigenvalue weighted by Gasteiger charge is 2.16. The molecule has 0 aliphatic rings. The largest absolute Gasteiger partial charge is 0.381 e. The molecule has 74 valence electrons. The van der Waals surface area contributed by atoms with Crippen LogP contribution in [0.4, 0.5) is 0 Å². The van der Waals surface area contributed by atoms with E-state index in [1.165, 1.54) is 11.3 Å². The van der Waals surface area contributed by atoms with Crippen LogP contribution in [0.15, 0.2) is 12.4 Å². The molecule has 6 heteroatoms.